The Bertz CT molecular complexity index is 1280. The quantitative estimate of drug-likeness (QED) is 0.170. The van der Waals surface area contributed by atoms with Crippen LogP contribution in [0.4, 0.5) is 5.95 Å². The van der Waals surface area contributed by atoms with Gasteiger partial charge in [-0.25, -0.2) is 9.55 Å². The van der Waals surface area contributed by atoms with Crippen LogP contribution in [0, 0.1) is 0 Å². The van der Waals surface area contributed by atoms with Crippen LogP contribution in [0.3, 0.4) is 0 Å². The molecular weight excluding hydrogens is 507 g/mol. The molecule has 14 nitrogen and oxygen atoms in total. The number of carbonyl (C=O) groups is 1. The molecule has 0 bridgehead atoms. The third-order valence-electron chi connectivity index (χ3n) is 4.84. The number of nitrogens with one attached hydrogen (secondary N) is 2. The number of H-pyrrole nitrogens is 1. The van der Waals surface area contributed by atoms with E-state index in [-0.39, 0.29) is 48.7 Å². The minimum absolute atomic E-state index is 0.0463. The molecule has 3 aromatic rings. The molecule has 2 unspecified atom stereocenters. The molecule has 0 amide bonds. The molecule has 202 valence electrons. The first-order valence-corrected chi connectivity index (χ1v) is 13.0. The molecule has 0 aliphatic rings. The number of rotatable bonds is 14. The summed E-state index contributed by atoms with van der Waals surface area (Å²) in [7, 11) is -4.10. The number of carbonyl (C=O) groups excluding carboxylic acids is 1. The minimum atomic E-state index is -4.10. The number of para-hydroxylation sites is 1. The molecule has 2 aromatic heterocycles. The van der Waals surface area contributed by atoms with E-state index in [1.54, 1.807) is 48.7 Å². The number of aliphatic hydroxyl groups is 1. The van der Waals surface area contributed by atoms with Crippen LogP contribution in [0.15, 0.2) is 41.5 Å². The maximum absolute atomic E-state index is 13.5. The Morgan fingerprint density at radius 1 is 1.27 bits per heavy atom. The van der Waals surface area contributed by atoms with Crippen LogP contribution in [-0.2, 0) is 29.9 Å². The lowest BCUT2D eigenvalue weighted by Crippen LogP contribution is -2.37. The summed E-state index contributed by atoms with van der Waals surface area (Å²) < 4.78 is 37.0. The Morgan fingerprint density at radius 3 is 2.68 bits per heavy atom. The van der Waals surface area contributed by atoms with Gasteiger partial charge in [0, 0.05) is 6.54 Å². The van der Waals surface area contributed by atoms with Gasteiger partial charge in [-0.3, -0.25) is 19.1 Å². The number of nitrogens with two attached hydrogens (primary N) is 1. The summed E-state index contributed by atoms with van der Waals surface area (Å²) in [5.74, 6) is -0.431. The summed E-state index contributed by atoms with van der Waals surface area (Å²) in [5.41, 5.74) is 5.56. The van der Waals surface area contributed by atoms with Gasteiger partial charge in [-0.15, -0.1) is 0 Å². The van der Waals surface area contributed by atoms with Crippen molar-refractivity contribution in [1.82, 2.24) is 24.6 Å². The average Bonchev–Trinajstić information content (AvgIpc) is 3.24. The van der Waals surface area contributed by atoms with Crippen LogP contribution < -0.4 is 20.9 Å². The molecule has 0 radical (unpaired) electrons. The second-order valence-electron chi connectivity index (χ2n) is 8.27. The molecule has 3 atom stereocenters. The summed E-state index contributed by atoms with van der Waals surface area (Å²) in [5, 5.41) is 12.3. The molecule has 15 heteroatoms. The molecule has 0 fully saturated rings. The number of esters is 1. The highest BCUT2D eigenvalue weighted by Crippen LogP contribution is 2.45. The summed E-state index contributed by atoms with van der Waals surface area (Å²) >= 11 is 0. The molecule has 0 spiro atoms. The highest BCUT2D eigenvalue weighted by atomic mass is 31.2. The predicted molar refractivity (Wildman–Crippen MR) is 134 cm³/mol. The number of ether oxygens (including phenoxy) is 2. The Labute approximate surface area is 212 Å². The number of aliphatic hydroxyl groups excluding tert-OH is 1. The first kappa shape index (κ1) is 28.3. The smallest absolute Gasteiger partial charge is 0.459 e. The second kappa shape index (κ2) is 12.8. The molecule has 5 N–H and O–H groups in total. The monoisotopic (exact) mass is 538 g/mol. The van der Waals surface area contributed by atoms with E-state index in [1.807, 2.05) is 0 Å². The Morgan fingerprint density at radius 2 is 2.00 bits per heavy atom. The first-order valence-electron chi connectivity index (χ1n) is 11.5. The summed E-state index contributed by atoms with van der Waals surface area (Å²) in [6, 6.07) is 7.28. The van der Waals surface area contributed by atoms with Gasteiger partial charge in [0.15, 0.2) is 11.2 Å². The number of benzene rings is 1. The van der Waals surface area contributed by atoms with Gasteiger partial charge in [0.1, 0.15) is 17.9 Å². The number of hydrogen-bond acceptors (Lipinski definition) is 11. The molecule has 0 saturated heterocycles. The topological polar surface area (TPSA) is 193 Å². The van der Waals surface area contributed by atoms with Gasteiger partial charge in [-0.05, 0) is 32.9 Å². The van der Waals surface area contributed by atoms with Crippen LogP contribution in [0.2, 0.25) is 0 Å². The van der Waals surface area contributed by atoms with Crippen LogP contribution in [-0.4, -0.2) is 68.7 Å². The summed E-state index contributed by atoms with van der Waals surface area (Å²) in [6.45, 7) is 4.39. The highest BCUT2D eigenvalue weighted by Gasteiger charge is 2.33. The van der Waals surface area contributed by atoms with Gasteiger partial charge < -0.3 is 29.4 Å². The SMILES string of the molecule is CC(C)OC(=O)[C@H](C)NP(=O)(OCC(CO)OCCn1cnc2c(=O)[nH]c(N)nc21)Oc1ccccc1. The third-order valence-corrected chi connectivity index (χ3v) is 6.48. The van der Waals surface area contributed by atoms with Crippen molar-refractivity contribution in [3.8, 4) is 5.75 Å². The fourth-order valence-corrected chi connectivity index (χ4v) is 4.64. The Balaban J connectivity index is 1.63. The van der Waals surface area contributed by atoms with Crippen molar-refractivity contribution in [2.24, 2.45) is 0 Å². The van der Waals surface area contributed by atoms with Crippen molar-refractivity contribution in [1.29, 1.82) is 0 Å². The average molecular weight is 538 g/mol. The number of hydrogen-bond donors (Lipinski definition) is 4. The predicted octanol–water partition coefficient (Wildman–Crippen LogP) is 1.21. The minimum Gasteiger partial charge on any atom is -0.462 e. The van der Waals surface area contributed by atoms with E-state index >= 15 is 0 Å². The van der Waals surface area contributed by atoms with Gasteiger partial charge >= 0.3 is 13.7 Å². The van der Waals surface area contributed by atoms with Gasteiger partial charge in [-0.1, -0.05) is 18.2 Å². The van der Waals surface area contributed by atoms with Crippen molar-refractivity contribution in [2.45, 2.75) is 45.6 Å². The first-order chi connectivity index (χ1) is 17.6. The van der Waals surface area contributed by atoms with Crippen molar-refractivity contribution in [3.63, 3.8) is 0 Å². The standard InChI is InChI=1S/C22H31N6O8P/c1-14(2)35-21(31)15(3)27-37(32,36-16-7-5-4-6-8-16)34-12-17(11-29)33-10-9-28-13-24-18-19(28)25-22(23)26-20(18)30/h4-8,13-15,17,29H,9-12H2,1-3H3,(H,27,32)(H3,23,25,26,30)/t15-,17?,37?/m0/s1. The van der Waals surface area contributed by atoms with Crippen molar-refractivity contribution >= 4 is 30.8 Å². The van der Waals surface area contributed by atoms with Gasteiger partial charge in [0.2, 0.25) is 5.95 Å². The number of nitrogen functional groups attached to an aromatic ring is 1. The second-order valence-corrected chi connectivity index (χ2v) is 9.96. The van der Waals surface area contributed by atoms with E-state index in [4.69, 9.17) is 24.3 Å². The van der Waals surface area contributed by atoms with Crippen molar-refractivity contribution < 1.29 is 33.0 Å². The summed E-state index contributed by atoms with van der Waals surface area (Å²) in [6.07, 6.45) is 0.171. The lowest BCUT2D eigenvalue weighted by atomic mass is 10.3. The van der Waals surface area contributed by atoms with Crippen LogP contribution >= 0.6 is 7.75 Å². The molecule has 1 aromatic carbocycles. The fraction of sp³-hybridized carbons (Fsp3) is 0.455. The lowest BCUT2D eigenvalue weighted by Gasteiger charge is -2.25. The molecule has 0 saturated carbocycles. The maximum atomic E-state index is 13.5. The van der Waals surface area contributed by atoms with Gasteiger partial charge in [0.05, 0.1) is 32.3 Å². The van der Waals surface area contributed by atoms with Crippen LogP contribution in [0.1, 0.15) is 20.8 Å². The Hall–Kier alpha value is -3.29. The Kier molecular flexibility index (Phi) is 9.78. The van der Waals surface area contributed by atoms with E-state index in [0.717, 1.165) is 0 Å². The normalized spacial score (nSPS) is 14.8. The van der Waals surface area contributed by atoms with Crippen molar-refractivity contribution in [2.75, 3.05) is 25.6 Å². The molecular formula is C22H31N6O8P. The molecule has 37 heavy (non-hydrogen) atoms. The van der Waals surface area contributed by atoms with Gasteiger partial charge in [-0.2, -0.15) is 10.1 Å². The van der Waals surface area contributed by atoms with E-state index in [9.17, 15) is 19.3 Å². The van der Waals surface area contributed by atoms with E-state index < -0.39 is 38.0 Å². The van der Waals surface area contributed by atoms with E-state index in [1.165, 1.54) is 13.3 Å². The molecule has 0 aliphatic carbocycles. The number of nitrogens with zero attached hydrogens (tertiary/aromatic N) is 3. The van der Waals surface area contributed by atoms with Crippen LogP contribution in [0.25, 0.3) is 11.2 Å². The molecule has 2 heterocycles. The maximum Gasteiger partial charge on any atom is 0.459 e. The number of anilines is 1. The molecule has 0 aliphatic heterocycles. The number of fused-ring (bicyclic) bond motifs is 1. The molecule has 3 rings (SSSR count). The zero-order chi connectivity index (χ0) is 27.0. The fourth-order valence-electron chi connectivity index (χ4n) is 3.12. The zero-order valence-corrected chi connectivity index (χ0v) is 21.6. The van der Waals surface area contributed by atoms with Crippen LogP contribution in [0.5, 0.6) is 5.75 Å². The third kappa shape index (κ3) is 8.10. The van der Waals surface area contributed by atoms with E-state index in [0.29, 0.717) is 0 Å². The summed E-state index contributed by atoms with van der Waals surface area (Å²) in [4.78, 5) is 34.6. The van der Waals surface area contributed by atoms with Gasteiger partial charge in [0.25, 0.3) is 5.56 Å². The zero-order valence-electron chi connectivity index (χ0n) is 20.7. The van der Waals surface area contributed by atoms with Crippen molar-refractivity contribution in [3.05, 3.63) is 47.0 Å². The number of aromatic amines is 1. The highest BCUT2D eigenvalue weighted by molar-refractivity contribution is 7.52. The largest absolute Gasteiger partial charge is 0.462 e. The van der Waals surface area contributed by atoms with E-state index in [2.05, 4.69) is 20.0 Å². The number of imidazole rings is 1. The lowest BCUT2D eigenvalue weighted by molar-refractivity contribution is -0.149. The number of aromatic nitrogens is 4.